The number of carbonyl (C=O) groups excluding carboxylic acids is 2. The summed E-state index contributed by atoms with van der Waals surface area (Å²) >= 11 is -0.214. The van der Waals surface area contributed by atoms with E-state index in [0.29, 0.717) is 10.6 Å². The fourth-order valence-electron chi connectivity index (χ4n) is 2.21. The fourth-order valence-corrected chi connectivity index (χ4v) is 2.75. The SMILES string of the molecule is O=C1c2ccccc2C(=O)N1OCc1ccc(SC(F)(F)F)cc1. The Morgan fingerprint density at radius 2 is 1.46 bits per heavy atom. The molecule has 0 radical (unpaired) electrons. The van der Waals surface area contributed by atoms with Gasteiger partial charge in [-0.1, -0.05) is 24.3 Å². The quantitative estimate of drug-likeness (QED) is 0.615. The number of hydrogen-bond donors (Lipinski definition) is 0. The molecule has 0 saturated carbocycles. The molecule has 124 valence electrons. The lowest BCUT2D eigenvalue weighted by Crippen LogP contribution is -2.29. The van der Waals surface area contributed by atoms with Crippen LogP contribution >= 0.6 is 11.8 Å². The van der Waals surface area contributed by atoms with Crippen molar-refractivity contribution >= 4 is 23.6 Å². The predicted molar refractivity (Wildman–Crippen MR) is 80.1 cm³/mol. The molecule has 1 aliphatic heterocycles. The second-order valence-electron chi connectivity index (χ2n) is 4.92. The lowest BCUT2D eigenvalue weighted by molar-refractivity contribution is -0.101. The van der Waals surface area contributed by atoms with Crippen molar-refractivity contribution in [2.45, 2.75) is 17.0 Å². The molecular weight excluding hydrogens is 343 g/mol. The number of rotatable bonds is 4. The Morgan fingerprint density at radius 3 is 1.96 bits per heavy atom. The van der Waals surface area contributed by atoms with Gasteiger partial charge in [-0.05, 0) is 41.6 Å². The number of hydroxylamine groups is 2. The standard InChI is InChI=1S/C16H10F3NO3S/c17-16(18,19)24-11-7-5-10(6-8-11)9-23-20-14(21)12-3-1-2-4-13(12)15(20)22/h1-8H,9H2. The summed E-state index contributed by atoms with van der Waals surface area (Å²) in [5.41, 5.74) is -3.28. The van der Waals surface area contributed by atoms with Crippen LogP contribution in [0.25, 0.3) is 0 Å². The molecule has 0 N–H and O–H groups in total. The van der Waals surface area contributed by atoms with Gasteiger partial charge in [0.05, 0.1) is 11.1 Å². The molecule has 4 nitrogen and oxygen atoms in total. The number of nitrogens with zero attached hydrogens (tertiary/aromatic N) is 1. The average molecular weight is 353 g/mol. The number of amides is 2. The molecule has 1 heterocycles. The van der Waals surface area contributed by atoms with Crippen LogP contribution in [0.1, 0.15) is 26.3 Å². The monoisotopic (exact) mass is 353 g/mol. The van der Waals surface area contributed by atoms with Gasteiger partial charge in [0, 0.05) is 4.90 Å². The lowest BCUT2D eigenvalue weighted by Gasteiger charge is -2.13. The Balaban J connectivity index is 1.65. The Kier molecular flexibility index (Phi) is 4.33. The van der Waals surface area contributed by atoms with E-state index in [9.17, 15) is 22.8 Å². The molecule has 0 aliphatic carbocycles. The van der Waals surface area contributed by atoms with E-state index >= 15 is 0 Å². The summed E-state index contributed by atoms with van der Waals surface area (Å²) in [6.45, 7) is -0.109. The molecule has 0 aromatic heterocycles. The first-order valence-corrected chi connectivity index (χ1v) is 7.62. The van der Waals surface area contributed by atoms with Crippen LogP contribution < -0.4 is 0 Å². The van der Waals surface area contributed by atoms with Crippen molar-refractivity contribution in [1.29, 1.82) is 0 Å². The molecule has 0 bridgehead atoms. The van der Waals surface area contributed by atoms with Gasteiger partial charge in [0.25, 0.3) is 11.8 Å². The third kappa shape index (κ3) is 3.44. The molecule has 2 aromatic carbocycles. The van der Waals surface area contributed by atoms with Gasteiger partial charge in [-0.3, -0.25) is 14.4 Å². The van der Waals surface area contributed by atoms with Gasteiger partial charge in [0.15, 0.2) is 0 Å². The van der Waals surface area contributed by atoms with E-state index in [1.54, 1.807) is 12.1 Å². The average Bonchev–Trinajstić information content (AvgIpc) is 2.77. The maximum atomic E-state index is 12.3. The summed E-state index contributed by atoms with van der Waals surface area (Å²) in [5, 5.41) is 0.670. The van der Waals surface area contributed by atoms with E-state index in [-0.39, 0.29) is 34.4 Å². The van der Waals surface area contributed by atoms with E-state index in [1.807, 2.05) is 0 Å². The van der Waals surface area contributed by atoms with Gasteiger partial charge < -0.3 is 0 Å². The Morgan fingerprint density at radius 1 is 0.917 bits per heavy atom. The number of imide groups is 1. The number of benzene rings is 2. The van der Waals surface area contributed by atoms with Gasteiger partial charge in [-0.15, -0.1) is 5.06 Å². The van der Waals surface area contributed by atoms with Gasteiger partial charge in [0.2, 0.25) is 0 Å². The maximum absolute atomic E-state index is 12.3. The zero-order chi connectivity index (χ0) is 17.3. The molecule has 1 aliphatic rings. The van der Waals surface area contributed by atoms with Crippen LogP contribution in [0.4, 0.5) is 13.2 Å². The number of fused-ring (bicyclic) bond motifs is 1. The highest BCUT2D eigenvalue weighted by Crippen LogP contribution is 2.36. The number of carbonyl (C=O) groups is 2. The van der Waals surface area contributed by atoms with Crippen LogP contribution in [0.15, 0.2) is 53.4 Å². The molecule has 2 amide bonds. The van der Waals surface area contributed by atoms with E-state index in [4.69, 9.17) is 4.84 Å². The zero-order valence-electron chi connectivity index (χ0n) is 12.0. The van der Waals surface area contributed by atoms with Gasteiger partial charge in [-0.2, -0.15) is 13.2 Å². The predicted octanol–water partition coefficient (Wildman–Crippen LogP) is 4.03. The second kappa shape index (κ2) is 6.29. The lowest BCUT2D eigenvalue weighted by atomic mass is 10.1. The zero-order valence-corrected chi connectivity index (χ0v) is 12.9. The van der Waals surface area contributed by atoms with Crippen LogP contribution in [-0.2, 0) is 11.4 Å². The maximum Gasteiger partial charge on any atom is 0.446 e. The smallest absolute Gasteiger partial charge is 0.266 e. The van der Waals surface area contributed by atoms with E-state index in [1.165, 1.54) is 36.4 Å². The summed E-state index contributed by atoms with van der Waals surface area (Å²) in [7, 11) is 0. The molecule has 3 rings (SSSR count). The van der Waals surface area contributed by atoms with E-state index < -0.39 is 17.3 Å². The molecular formula is C16H10F3NO3S. The van der Waals surface area contributed by atoms with Crippen molar-refractivity contribution in [2.24, 2.45) is 0 Å². The van der Waals surface area contributed by atoms with Crippen molar-refractivity contribution in [1.82, 2.24) is 5.06 Å². The third-order valence-electron chi connectivity index (χ3n) is 3.27. The Labute approximate surface area is 139 Å². The van der Waals surface area contributed by atoms with Gasteiger partial charge in [-0.25, -0.2) is 0 Å². The van der Waals surface area contributed by atoms with Crippen LogP contribution in [0.5, 0.6) is 0 Å². The number of alkyl halides is 3. The van der Waals surface area contributed by atoms with Crippen LogP contribution in [0, 0.1) is 0 Å². The first-order chi connectivity index (χ1) is 11.3. The minimum absolute atomic E-state index is 0.0481. The molecule has 24 heavy (non-hydrogen) atoms. The molecule has 0 saturated heterocycles. The van der Waals surface area contributed by atoms with Crippen LogP contribution in [0.2, 0.25) is 0 Å². The highest BCUT2D eigenvalue weighted by Gasteiger charge is 2.36. The Hall–Kier alpha value is -2.32. The number of hydrogen-bond acceptors (Lipinski definition) is 4. The minimum Gasteiger partial charge on any atom is -0.266 e. The Bertz CT molecular complexity index is 755. The summed E-state index contributed by atoms with van der Waals surface area (Å²) in [4.78, 5) is 29.5. The summed E-state index contributed by atoms with van der Waals surface area (Å²) in [6, 6.07) is 11.9. The molecule has 2 aromatic rings. The molecule has 0 atom stereocenters. The fraction of sp³-hybridized carbons (Fsp3) is 0.125. The number of thioether (sulfide) groups is 1. The molecule has 0 unspecified atom stereocenters. The van der Waals surface area contributed by atoms with Crippen molar-refractivity contribution in [2.75, 3.05) is 0 Å². The van der Waals surface area contributed by atoms with Crippen molar-refractivity contribution in [3.63, 3.8) is 0 Å². The van der Waals surface area contributed by atoms with Crippen molar-refractivity contribution < 1.29 is 27.6 Å². The first kappa shape index (κ1) is 16.5. The minimum atomic E-state index is -4.35. The van der Waals surface area contributed by atoms with Gasteiger partial charge >= 0.3 is 5.51 Å². The van der Waals surface area contributed by atoms with E-state index in [2.05, 4.69) is 0 Å². The molecule has 8 heteroatoms. The molecule has 0 fully saturated rings. The first-order valence-electron chi connectivity index (χ1n) is 6.80. The summed E-state index contributed by atoms with van der Waals surface area (Å²) < 4.78 is 36.8. The summed E-state index contributed by atoms with van der Waals surface area (Å²) in [6.07, 6.45) is 0. The number of halogens is 3. The highest BCUT2D eigenvalue weighted by molar-refractivity contribution is 8.00. The second-order valence-corrected chi connectivity index (χ2v) is 6.05. The van der Waals surface area contributed by atoms with Crippen molar-refractivity contribution in [3.05, 3.63) is 65.2 Å². The topological polar surface area (TPSA) is 46.6 Å². The third-order valence-corrected chi connectivity index (χ3v) is 4.01. The largest absolute Gasteiger partial charge is 0.446 e. The molecule has 0 spiro atoms. The highest BCUT2D eigenvalue weighted by atomic mass is 32.2. The summed E-state index contributed by atoms with van der Waals surface area (Å²) in [5.74, 6) is -1.11. The van der Waals surface area contributed by atoms with Crippen LogP contribution in [-0.4, -0.2) is 22.4 Å². The van der Waals surface area contributed by atoms with E-state index in [0.717, 1.165) is 0 Å². The van der Waals surface area contributed by atoms with Gasteiger partial charge in [0.1, 0.15) is 6.61 Å². The van der Waals surface area contributed by atoms with Crippen LogP contribution in [0.3, 0.4) is 0 Å². The van der Waals surface area contributed by atoms with Crippen molar-refractivity contribution in [3.8, 4) is 0 Å². The normalized spacial score (nSPS) is 14.2.